The zero-order chi connectivity index (χ0) is 17.5. The standard InChI is InChI=1S/C18H18ClNO3S/c1-12-6-3-4-9-16(12)24-11-18(22)23-10-17(21)20-15-8-5-7-14(19)13(15)2/h3-9H,10-11H2,1-2H3,(H,20,21). The van der Waals surface area contributed by atoms with Crippen LogP contribution in [0.4, 0.5) is 5.69 Å². The number of aryl methyl sites for hydroxylation is 1. The van der Waals surface area contributed by atoms with E-state index in [1.807, 2.05) is 38.1 Å². The topological polar surface area (TPSA) is 55.4 Å². The number of rotatable bonds is 6. The molecule has 0 heterocycles. The average molecular weight is 364 g/mol. The molecule has 0 unspecified atom stereocenters. The Hall–Kier alpha value is -1.98. The second-order valence-electron chi connectivity index (χ2n) is 5.18. The molecule has 4 nitrogen and oxygen atoms in total. The fraction of sp³-hybridized carbons (Fsp3) is 0.222. The van der Waals surface area contributed by atoms with Crippen molar-refractivity contribution in [3.63, 3.8) is 0 Å². The van der Waals surface area contributed by atoms with E-state index in [4.69, 9.17) is 16.3 Å². The van der Waals surface area contributed by atoms with Gasteiger partial charge in [0.05, 0.1) is 5.75 Å². The molecule has 126 valence electrons. The largest absolute Gasteiger partial charge is 0.455 e. The van der Waals surface area contributed by atoms with Crippen molar-refractivity contribution < 1.29 is 14.3 Å². The van der Waals surface area contributed by atoms with Gasteiger partial charge in [0.1, 0.15) is 0 Å². The van der Waals surface area contributed by atoms with Gasteiger partial charge in [0, 0.05) is 15.6 Å². The molecule has 6 heteroatoms. The van der Waals surface area contributed by atoms with Gasteiger partial charge in [-0.3, -0.25) is 9.59 Å². The minimum Gasteiger partial charge on any atom is -0.455 e. The minimum absolute atomic E-state index is 0.161. The highest BCUT2D eigenvalue weighted by Crippen LogP contribution is 2.23. The van der Waals surface area contributed by atoms with Crippen molar-refractivity contribution in [2.75, 3.05) is 17.7 Å². The number of carbonyl (C=O) groups is 2. The van der Waals surface area contributed by atoms with Crippen LogP contribution < -0.4 is 5.32 Å². The molecule has 1 N–H and O–H groups in total. The van der Waals surface area contributed by atoms with Gasteiger partial charge in [0.15, 0.2) is 6.61 Å². The third-order valence-electron chi connectivity index (χ3n) is 3.35. The van der Waals surface area contributed by atoms with E-state index < -0.39 is 11.9 Å². The van der Waals surface area contributed by atoms with E-state index in [1.165, 1.54) is 11.8 Å². The summed E-state index contributed by atoms with van der Waals surface area (Å²) in [6, 6.07) is 13.0. The van der Waals surface area contributed by atoms with Crippen LogP contribution in [0.5, 0.6) is 0 Å². The van der Waals surface area contributed by atoms with E-state index >= 15 is 0 Å². The Morgan fingerprint density at radius 3 is 2.62 bits per heavy atom. The van der Waals surface area contributed by atoms with E-state index in [1.54, 1.807) is 18.2 Å². The lowest BCUT2D eigenvalue weighted by atomic mass is 10.2. The predicted octanol–water partition coefficient (Wildman–Crippen LogP) is 4.23. The van der Waals surface area contributed by atoms with Crippen molar-refractivity contribution in [1.82, 2.24) is 0 Å². The number of halogens is 1. The fourth-order valence-corrected chi connectivity index (χ4v) is 2.97. The van der Waals surface area contributed by atoms with Crippen LogP contribution in [0.2, 0.25) is 5.02 Å². The Morgan fingerprint density at radius 1 is 1.12 bits per heavy atom. The van der Waals surface area contributed by atoms with Crippen molar-refractivity contribution in [3.8, 4) is 0 Å². The zero-order valence-corrected chi connectivity index (χ0v) is 15.0. The normalized spacial score (nSPS) is 10.3. The van der Waals surface area contributed by atoms with Crippen LogP contribution in [0.25, 0.3) is 0 Å². The number of ether oxygens (including phenoxy) is 1. The summed E-state index contributed by atoms with van der Waals surface area (Å²) in [5.74, 6) is -0.662. The first-order valence-electron chi connectivity index (χ1n) is 7.36. The first kappa shape index (κ1) is 18.4. The summed E-state index contributed by atoms with van der Waals surface area (Å²) in [5.41, 5.74) is 2.48. The number of esters is 1. The Balaban J connectivity index is 1.78. The first-order valence-corrected chi connectivity index (χ1v) is 8.72. The molecule has 0 fully saturated rings. The molecule has 0 radical (unpaired) electrons. The monoisotopic (exact) mass is 363 g/mol. The number of carbonyl (C=O) groups excluding carboxylic acids is 2. The summed E-state index contributed by atoms with van der Waals surface area (Å²) in [7, 11) is 0. The zero-order valence-electron chi connectivity index (χ0n) is 13.5. The van der Waals surface area contributed by atoms with Crippen molar-refractivity contribution in [3.05, 3.63) is 58.6 Å². The van der Waals surface area contributed by atoms with Gasteiger partial charge in [-0.15, -0.1) is 11.8 Å². The second-order valence-corrected chi connectivity index (χ2v) is 6.60. The van der Waals surface area contributed by atoms with Crippen LogP contribution in [-0.2, 0) is 14.3 Å². The molecule has 0 aliphatic heterocycles. The molecule has 24 heavy (non-hydrogen) atoms. The summed E-state index contributed by atoms with van der Waals surface area (Å²) in [6.07, 6.45) is 0. The Morgan fingerprint density at radius 2 is 1.88 bits per heavy atom. The van der Waals surface area contributed by atoms with E-state index in [2.05, 4.69) is 5.32 Å². The Labute approximate surface area is 150 Å². The second kappa shape index (κ2) is 8.76. The number of nitrogens with one attached hydrogen (secondary N) is 1. The molecule has 0 aliphatic rings. The smallest absolute Gasteiger partial charge is 0.316 e. The average Bonchev–Trinajstić information content (AvgIpc) is 2.56. The molecule has 1 amide bonds. The van der Waals surface area contributed by atoms with Crippen molar-refractivity contribution in [2.24, 2.45) is 0 Å². The molecule has 0 saturated heterocycles. The van der Waals surface area contributed by atoms with E-state index in [9.17, 15) is 9.59 Å². The highest BCUT2D eigenvalue weighted by molar-refractivity contribution is 8.00. The van der Waals surface area contributed by atoms with Crippen molar-refractivity contribution in [1.29, 1.82) is 0 Å². The molecule has 0 aliphatic carbocycles. The van der Waals surface area contributed by atoms with Crippen molar-refractivity contribution >= 4 is 40.9 Å². The number of amides is 1. The first-order chi connectivity index (χ1) is 11.5. The number of hydrogen-bond acceptors (Lipinski definition) is 4. The van der Waals surface area contributed by atoms with Crippen LogP contribution in [0, 0.1) is 13.8 Å². The van der Waals surface area contributed by atoms with E-state index in [0.29, 0.717) is 10.7 Å². The Bertz CT molecular complexity index is 749. The molecule has 0 aromatic heterocycles. The molecule has 2 rings (SSSR count). The van der Waals surface area contributed by atoms with Crippen LogP contribution in [0.3, 0.4) is 0 Å². The van der Waals surface area contributed by atoms with Crippen LogP contribution >= 0.6 is 23.4 Å². The quantitative estimate of drug-likeness (QED) is 0.616. The lowest BCUT2D eigenvalue weighted by Crippen LogP contribution is -2.22. The molecule has 2 aromatic rings. The third kappa shape index (κ3) is 5.28. The molecule has 0 saturated carbocycles. The van der Waals surface area contributed by atoms with Crippen LogP contribution in [0.1, 0.15) is 11.1 Å². The van der Waals surface area contributed by atoms with Crippen molar-refractivity contribution in [2.45, 2.75) is 18.7 Å². The van der Waals surface area contributed by atoms with Crippen LogP contribution in [-0.4, -0.2) is 24.2 Å². The number of thioether (sulfide) groups is 1. The summed E-state index contributed by atoms with van der Waals surface area (Å²) in [4.78, 5) is 24.7. The highest BCUT2D eigenvalue weighted by Gasteiger charge is 2.11. The van der Waals surface area contributed by atoms with Gasteiger partial charge < -0.3 is 10.1 Å². The minimum atomic E-state index is -0.429. The van der Waals surface area contributed by atoms with Gasteiger partial charge >= 0.3 is 5.97 Å². The lowest BCUT2D eigenvalue weighted by molar-refractivity contribution is -0.144. The summed E-state index contributed by atoms with van der Waals surface area (Å²) in [6.45, 7) is 3.47. The SMILES string of the molecule is Cc1ccccc1SCC(=O)OCC(=O)Nc1cccc(Cl)c1C. The van der Waals surface area contributed by atoms with Gasteiger partial charge in [-0.2, -0.15) is 0 Å². The van der Waals surface area contributed by atoms with Gasteiger partial charge in [0.25, 0.3) is 5.91 Å². The molecular formula is C18H18ClNO3S. The molecule has 2 aromatic carbocycles. The van der Waals surface area contributed by atoms with E-state index in [-0.39, 0.29) is 12.4 Å². The van der Waals surface area contributed by atoms with Gasteiger partial charge in [0.2, 0.25) is 0 Å². The molecule has 0 bridgehead atoms. The van der Waals surface area contributed by atoms with Gasteiger partial charge in [-0.25, -0.2) is 0 Å². The number of benzene rings is 2. The van der Waals surface area contributed by atoms with Gasteiger partial charge in [-0.1, -0.05) is 35.9 Å². The maximum Gasteiger partial charge on any atom is 0.316 e. The highest BCUT2D eigenvalue weighted by atomic mass is 35.5. The van der Waals surface area contributed by atoms with Crippen LogP contribution in [0.15, 0.2) is 47.4 Å². The maximum atomic E-state index is 11.9. The molecule has 0 atom stereocenters. The number of hydrogen-bond donors (Lipinski definition) is 1. The molecule has 0 spiro atoms. The van der Waals surface area contributed by atoms with E-state index in [0.717, 1.165) is 16.0 Å². The van der Waals surface area contributed by atoms with Gasteiger partial charge in [-0.05, 0) is 43.2 Å². The summed E-state index contributed by atoms with van der Waals surface area (Å²) < 4.78 is 5.00. The fourth-order valence-electron chi connectivity index (χ4n) is 1.97. The summed E-state index contributed by atoms with van der Waals surface area (Å²) in [5, 5.41) is 3.25. The lowest BCUT2D eigenvalue weighted by Gasteiger charge is -2.10. The number of anilines is 1. The molecular weight excluding hydrogens is 346 g/mol. The third-order valence-corrected chi connectivity index (χ3v) is 4.90. The summed E-state index contributed by atoms with van der Waals surface area (Å²) >= 11 is 7.39. The maximum absolute atomic E-state index is 11.9. The predicted molar refractivity (Wildman–Crippen MR) is 97.7 cm³/mol. The Kier molecular flexibility index (Phi) is 6.70.